The summed E-state index contributed by atoms with van der Waals surface area (Å²) >= 11 is 0. The number of methoxy groups -OCH3 is 2. The van der Waals surface area contributed by atoms with Crippen molar-refractivity contribution < 1.29 is 22.7 Å². The van der Waals surface area contributed by atoms with E-state index < -0.39 is 22.1 Å². The molecule has 0 heterocycles. The number of hydrogen-bond acceptors (Lipinski definition) is 5. The number of nitrogens with one attached hydrogen (secondary N) is 1. The van der Waals surface area contributed by atoms with Gasteiger partial charge in [-0.3, -0.25) is 9.10 Å². The first-order valence-electron chi connectivity index (χ1n) is 10.1. The lowest BCUT2D eigenvalue weighted by atomic mass is 10.1. The summed E-state index contributed by atoms with van der Waals surface area (Å²) in [6.07, 6.45) is 1.43. The Bertz CT molecular complexity index is 1020. The van der Waals surface area contributed by atoms with Crippen molar-refractivity contribution >= 4 is 21.6 Å². The van der Waals surface area contributed by atoms with Gasteiger partial charge in [0.25, 0.3) is 0 Å². The van der Waals surface area contributed by atoms with E-state index in [9.17, 15) is 13.2 Å². The Kier molecular flexibility index (Phi) is 7.95. The first-order valence-corrected chi connectivity index (χ1v) is 12.0. The van der Waals surface area contributed by atoms with E-state index in [0.717, 1.165) is 22.9 Å². The van der Waals surface area contributed by atoms with Gasteiger partial charge in [0.1, 0.15) is 17.5 Å². The molecule has 170 valence electrons. The van der Waals surface area contributed by atoms with Crippen molar-refractivity contribution in [2.75, 3.05) is 24.8 Å². The van der Waals surface area contributed by atoms with Gasteiger partial charge in [-0.2, -0.15) is 0 Å². The van der Waals surface area contributed by atoms with Crippen molar-refractivity contribution in [3.63, 3.8) is 0 Å². The third-order valence-corrected chi connectivity index (χ3v) is 6.23. The summed E-state index contributed by atoms with van der Waals surface area (Å²) in [5, 5.41) is 2.94. The Labute approximate surface area is 185 Å². The lowest BCUT2D eigenvalue weighted by Gasteiger charge is -2.31. The summed E-state index contributed by atoms with van der Waals surface area (Å²) in [5.74, 6) is 0.859. The van der Waals surface area contributed by atoms with Crippen LogP contribution in [0.2, 0.25) is 0 Å². The predicted molar refractivity (Wildman–Crippen MR) is 123 cm³/mol. The van der Waals surface area contributed by atoms with Gasteiger partial charge in [-0.1, -0.05) is 13.0 Å². The standard InChI is InChI=1S/C23H32N2O5S/c1-8-21(25(31(7,27)28)18-12-15(2)11-16(3)13-18)23(26)24-17(4)20-14-19(29-5)9-10-22(20)30-6/h9-14,17,21H,8H2,1-7H3,(H,24,26). The van der Waals surface area contributed by atoms with Gasteiger partial charge in [0.05, 0.1) is 32.2 Å². The van der Waals surface area contributed by atoms with Gasteiger partial charge < -0.3 is 14.8 Å². The van der Waals surface area contributed by atoms with Crippen LogP contribution in [-0.2, 0) is 14.8 Å². The molecule has 2 atom stereocenters. The minimum atomic E-state index is -3.70. The summed E-state index contributed by atoms with van der Waals surface area (Å²) in [6.45, 7) is 7.41. The average molecular weight is 449 g/mol. The number of rotatable bonds is 9. The van der Waals surface area contributed by atoms with Gasteiger partial charge >= 0.3 is 0 Å². The Morgan fingerprint density at radius 1 is 1.06 bits per heavy atom. The van der Waals surface area contributed by atoms with Crippen molar-refractivity contribution in [2.45, 2.75) is 46.2 Å². The molecule has 2 rings (SSSR count). The highest BCUT2D eigenvalue weighted by atomic mass is 32.2. The normalized spacial score (nSPS) is 13.3. The summed E-state index contributed by atoms with van der Waals surface area (Å²) in [4.78, 5) is 13.3. The van der Waals surface area contributed by atoms with Crippen LogP contribution in [0.25, 0.3) is 0 Å². The fraction of sp³-hybridized carbons (Fsp3) is 0.435. The maximum absolute atomic E-state index is 13.3. The van der Waals surface area contributed by atoms with Crippen molar-refractivity contribution in [1.82, 2.24) is 5.32 Å². The number of aryl methyl sites for hydroxylation is 2. The van der Waals surface area contributed by atoms with Crippen molar-refractivity contribution in [2.24, 2.45) is 0 Å². The average Bonchev–Trinajstić information content (AvgIpc) is 2.69. The van der Waals surface area contributed by atoms with E-state index in [1.165, 1.54) is 4.31 Å². The minimum absolute atomic E-state index is 0.313. The molecule has 0 aliphatic carbocycles. The first-order chi connectivity index (χ1) is 14.5. The van der Waals surface area contributed by atoms with E-state index in [0.29, 0.717) is 23.6 Å². The fourth-order valence-electron chi connectivity index (χ4n) is 3.70. The molecule has 0 bridgehead atoms. The van der Waals surface area contributed by atoms with Crippen molar-refractivity contribution in [1.29, 1.82) is 0 Å². The molecule has 31 heavy (non-hydrogen) atoms. The molecule has 0 spiro atoms. The fourth-order valence-corrected chi connectivity index (χ4v) is 4.90. The first kappa shape index (κ1) is 24.5. The van der Waals surface area contributed by atoms with Gasteiger partial charge in [-0.05, 0) is 68.7 Å². The van der Waals surface area contributed by atoms with Crippen LogP contribution in [0, 0.1) is 13.8 Å². The zero-order valence-electron chi connectivity index (χ0n) is 19.2. The topological polar surface area (TPSA) is 84.9 Å². The maximum Gasteiger partial charge on any atom is 0.244 e. The SMILES string of the molecule is CCC(C(=O)NC(C)c1cc(OC)ccc1OC)N(c1cc(C)cc(C)c1)S(C)(=O)=O. The molecule has 0 aliphatic heterocycles. The molecule has 2 aromatic rings. The van der Waals surface area contributed by atoms with Gasteiger partial charge in [0, 0.05) is 5.56 Å². The molecular weight excluding hydrogens is 416 g/mol. The van der Waals surface area contributed by atoms with Gasteiger partial charge in [-0.15, -0.1) is 0 Å². The van der Waals surface area contributed by atoms with Crippen LogP contribution in [0.1, 0.15) is 43.0 Å². The molecule has 0 aromatic heterocycles. The number of hydrogen-bond donors (Lipinski definition) is 1. The number of carbonyl (C=O) groups excluding carboxylic acids is 1. The van der Waals surface area contributed by atoms with Gasteiger partial charge in [0.2, 0.25) is 15.9 Å². The van der Waals surface area contributed by atoms with E-state index in [4.69, 9.17) is 9.47 Å². The number of carbonyl (C=O) groups is 1. The lowest BCUT2D eigenvalue weighted by molar-refractivity contribution is -0.122. The number of benzene rings is 2. The van der Waals surface area contributed by atoms with Gasteiger partial charge in [-0.25, -0.2) is 8.42 Å². The minimum Gasteiger partial charge on any atom is -0.497 e. The molecule has 0 fully saturated rings. The highest BCUT2D eigenvalue weighted by Crippen LogP contribution is 2.30. The highest BCUT2D eigenvalue weighted by molar-refractivity contribution is 7.92. The predicted octanol–water partition coefficient (Wildman–Crippen LogP) is 3.74. The molecule has 8 heteroatoms. The molecule has 7 nitrogen and oxygen atoms in total. The quantitative estimate of drug-likeness (QED) is 0.632. The summed E-state index contributed by atoms with van der Waals surface area (Å²) < 4.78 is 37.3. The number of ether oxygens (including phenoxy) is 2. The summed E-state index contributed by atoms with van der Waals surface area (Å²) in [5.41, 5.74) is 3.07. The van der Waals surface area contributed by atoms with Crippen LogP contribution >= 0.6 is 0 Å². The lowest BCUT2D eigenvalue weighted by Crippen LogP contribution is -2.49. The highest BCUT2D eigenvalue weighted by Gasteiger charge is 2.32. The van der Waals surface area contributed by atoms with Crippen LogP contribution in [0.4, 0.5) is 5.69 Å². The Balaban J connectivity index is 2.40. The van der Waals surface area contributed by atoms with E-state index in [-0.39, 0.29) is 5.91 Å². The van der Waals surface area contributed by atoms with E-state index in [1.54, 1.807) is 51.5 Å². The molecule has 0 saturated heterocycles. The molecule has 0 aliphatic rings. The zero-order chi connectivity index (χ0) is 23.3. The summed E-state index contributed by atoms with van der Waals surface area (Å²) in [7, 11) is -0.583. The van der Waals surface area contributed by atoms with Crippen LogP contribution in [-0.4, -0.2) is 40.8 Å². The molecular formula is C23H32N2O5S. The molecule has 0 radical (unpaired) electrons. The van der Waals surface area contributed by atoms with Crippen LogP contribution in [0.15, 0.2) is 36.4 Å². The number of nitrogens with zero attached hydrogens (tertiary/aromatic N) is 1. The van der Waals surface area contributed by atoms with Crippen LogP contribution in [0.5, 0.6) is 11.5 Å². The smallest absolute Gasteiger partial charge is 0.244 e. The second-order valence-electron chi connectivity index (χ2n) is 7.67. The second-order valence-corrected chi connectivity index (χ2v) is 9.53. The molecule has 2 unspecified atom stereocenters. The van der Waals surface area contributed by atoms with E-state index >= 15 is 0 Å². The zero-order valence-corrected chi connectivity index (χ0v) is 20.0. The van der Waals surface area contributed by atoms with Crippen LogP contribution in [0.3, 0.4) is 0 Å². The van der Waals surface area contributed by atoms with E-state index in [1.807, 2.05) is 26.8 Å². The monoisotopic (exact) mass is 448 g/mol. The second kappa shape index (κ2) is 10.0. The molecule has 0 saturated carbocycles. The third-order valence-electron chi connectivity index (χ3n) is 5.05. The van der Waals surface area contributed by atoms with Crippen molar-refractivity contribution in [3.8, 4) is 11.5 Å². The largest absolute Gasteiger partial charge is 0.497 e. The van der Waals surface area contributed by atoms with Gasteiger partial charge in [0.15, 0.2) is 0 Å². The molecule has 1 amide bonds. The third kappa shape index (κ3) is 5.91. The number of sulfonamides is 1. The van der Waals surface area contributed by atoms with Crippen molar-refractivity contribution in [3.05, 3.63) is 53.1 Å². The Hall–Kier alpha value is -2.74. The Morgan fingerprint density at radius 2 is 1.68 bits per heavy atom. The number of anilines is 1. The molecule has 1 N–H and O–H groups in total. The number of amides is 1. The Morgan fingerprint density at radius 3 is 2.16 bits per heavy atom. The summed E-state index contributed by atoms with van der Waals surface area (Å²) in [6, 6.07) is 9.54. The maximum atomic E-state index is 13.3. The van der Waals surface area contributed by atoms with E-state index in [2.05, 4.69) is 5.32 Å². The van der Waals surface area contributed by atoms with Crippen LogP contribution < -0.4 is 19.1 Å². The molecule has 2 aromatic carbocycles.